The second kappa shape index (κ2) is 5.57. The lowest BCUT2D eigenvalue weighted by Crippen LogP contribution is -2.30. The van der Waals surface area contributed by atoms with Gasteiger partial charge in [-0.25, -0.2) is 0 Å². The summed E-state index contributed by atoms with van der Waals surface area (Å²) in [6.07, 6.45) is 0. The van der Waals surface area contributed by atoms with Crippen LogP contribution in [0.25, 0.3) is 0 Å². The summed E-state index contributed by atoms with van der Waals surface area (Å²) in [5.74, 6) is -0.278. The number of rotatable bonds is 3. The van der Waals surface area contributed by atoms with Crippen LogP contribution in [0.4, 0.5) is 0 Å². The zero-order chi connectivity index (χ0) is 15.7. The smallest absolute Gasteiger partial charge is 0.193 e. The van der Waals surface area contributed by atoms with Crippen LogP contribution < -0.4 is 5.30 Å². The van der Waals surface area contributed by atoms with E-state index in [1.165, 1.54) is 0 Å². The molecule has 3 nitrogen and oxygen atoms in total. The van der Waals surface area contributed by atoms with Gasteiger partial charge in [0.05, 0.1) is 5.30 Å². The first kappa shape index (κ1) is 16.7. The van der Waals surface area contributed by atoms with E-state index in [0.717, 1.165) is 0 Å². The fourth-order valence-corrected chi connectivity index (χ4v) is 2.28. The van der Waals surface area contributed by atoms with Gasteiger partial charge in [-0.1, -0.05) is 53.7 Å². The topological polar surface area (TPSA) is 51.2 Å². The van der Waals surface area contributed by atoms with E-state index in [1.54, 1.807) is 39.0 Å². The Morgan fingerprint density at radius 3 is 1.80 bits per heavy atom. The fourth-order valence-electron chi connectivity index (χ4n) is 1.82. The van der Waals surface area contributed by atoms with Gasteiger partial charge in [-0.05, 0) is 6.07 Å². The fraction of sp³-hybridized carbons (Fsp3) is 0.500. The summed E-state index contributed by atoms with van der Waals surface area (Å²) in [4.78, 5) is 25.1. The summed E-state index contributed by atoms with van der Waals surface area (Å²) in [6.45, 7) is 10.8. The molecule has 0 fully saturated rings. The van der Waals surface area contributed by atoms with E-state index in [0.29, 0.717) is 10.9 Å². The van der Waals surface area contributed by atoms with E-state index in [2.05, 4.69) is 0 Å². The quantitative estimate of drug-likeness (QED) is 0.623. The average molecular weight is 292 g/mol. The summed E-state index contributed by atoms with van der Waals surface area (Å²) < 4.78 is 11.3. The van der Waals surface area contributed by atoms with Crippen molar-refractivity contribution in [2.75, 3.05) is 0 Å². The number of carbonyl (C=O) groups excluding carboxylic acids is 2. The Balaban J connectivity index is 3.60. The first-order valence-electron chi connectivity index (χ1n) is 6.56. The molecule has 0 bridgehead atoms. The molecule has 0 unspecified atom stereocenters. The maximum absolute atomic E-state index is 12.6. The molecule has 20 heavy (non-hydrogen) atoms. The Kier molecular flexibility index (Phi) is 4.66. The van der Waals surface area contributed by atoms with Crippen molar-refractivity contribution in [2.45, 2.75) is 41.5 Å². The van der Waals surface area contributed by atoms with Gasteiger partial charge < -0.3 is 0 Å². The molecule has 1 aromatic carbocycles. The summed E-state index contributed by atoms with van der Waals surface area (Å²) in [7, 11) is -0.245. The van der Waals surface area contributed by atoms with E-state index in [-0.39, 0.29) is 25.6 Å². The number of benzene rings is 1. The van der Waals surface area contributed by atoms with Gasteiger partial charge in [0.2, 0.25) is 0 Å². The van der Waals surface area contributed by atoms with Crippen molar-refractivity contribution in [1.29, 1.82) is 0 Å². The molecule has 0 N–H and O–H groups in total. The highest BCUT2D eigenvalue weighted by Gasteiger charge is 2.32. The van der Waals surface area contributed by atoms with E-state index in [1.807, 2.05) is 20.8 Å². The van der Waals surface area contributed by atoms with Crippen LogP contribution in [0.2, 0.25) is 0 Å². The minimum atomic E-state index is -0.631. The van der Waals surface area contributed by atoms with E-state index < -0.39 is 10.8 Å². The van der Waals surface area contributed by atoms with E-state index in [4.69, 9.17) is 0 Å². The first-order valence-corrected chi connectivity index (χ1v) is 7.37. The number of Topliss-reactive ketones (excluding diaryl/α,β-unsaturated/α-hetero) is 2. The van der Waals surface area contributed by atoms with Gasteiger partial charge in [0.15, 0.2) is 20.0 Å². The highest BCUT2D eigenvalue weighted by Crippen LogP contribution is 2.28. The molecule has 0 saturated heterocycles. The molecule has 0 spiro atoms. The molecular weight excluding hydrogens is 271 g/mol. The van der Waals surface area contributed by atoms with Crippen LogP contribution in [-0.2, 0) is 4.57 Å². The minimum absolute atomic E-state index is 0.115. The minimum Gasteiger partial charge on any atom is -0.294 e. The third kappa shape index (κ3) is 3.40. The SMILES string of the molecule is CC(C)(C)C(=O)c1cccc(P=O)c1C(=O)C(C)(C)C. The van der Waals surface area contributed by atoms with Gasteiger partial charge in [0, 0.05) is 22.0 Å². The Morgan fingerprint density at radius 2 is 1.40 bits per heavy atom. The van der Waals surface area contributed by atoms with Crippen molar-refractivity contribution < 1.29 is 14.2 Å². The highest BCUT2D eigenvalue weighted by molar-refractivity contribution is 7.34. The second-order valence-electron chi connectivity index (χ2n) is 6.95. The lowest BCUT2D eigenvalue weighted by Gasteiger charge is -2.23. The maximum atomic E-state index is 12.6. The molecule has 0 atom stereocenters. The molecule has 4 heteroatoms. The van der Waals surface area contributed by atoms with Gasteiger partial charge in [-0.15, -0.1) is 0 Å². The molecule has 0 aliphatic heterocycles. The van der Waals surface area contributed by atoms with Gasteiger partial charge in [0.1, 0.15) is 0 Å². The van der Waals surface area contributed by atoms with Crippen LogP contribution in [0.1, 0.15) is 62.3 Å². The van der Waals surface area contributed by atoms with Crippen LogP contribution in [0.5, 0.6) is 0 Å². The van der Waals surface area contributed by atoms with Crippen molar-refractivity contribution in [3.8, 4) is 0 Å². The maximum Gasteiger partial charge on any atom is 0.193 e. The zero-order valence-electron chi connectivity index (χ0n) is 12.9. The van der Waals surface area contributed by atoms with Gasteiger partial charge in [-0.3, -0.25) is 14.2 Å². The summed E-state index contributed by atoms with van der Waals surface area (Å²) >= 11 is 0. The molecule has 0 radical (unpaired) electrons. The molecule has 0 heterocycles. The lowest BCUT2D eigenvalue weighted by molar-refractivity contribution is 0.0824. The van der Waals surface area contributed by atoms with Crippen molar-refractivity contribution >= 4 is 25.3 Å². The molecule has 0 aromatic heterocycles. The summed E-state index contributed by atoms with van der Waals surface area (Å²) in [5, 5.41) is 0.375. The monoisotopic (exact) mass is 292 g/mol. The van der Waals surface area contributed by atoms with Gasteiger partial charge in [-0.2, -0.15) is 0 Å². The van der Waals surface area contributed by atoms with Crippen LogP contribution in [0.3, 0.4) is 0 Å². The molecule has 1 aromatic rings. The molecule has 0 amide bonds. The third-order valence-electron chi connectivity index (χ3n) is 2.97. The standard InChI is InChI=1S/C16H21O3P/c1-15(2,3)13(17)10-8-7-9-11(20-19)12(10)14(18)16(4,5)6/h7-9H,1-6H3. The normalized spacial score (nSPS) is 12.5. The molecular formula is C16H21O3P. The summed E-state index contributed by atoms with van der Waals surface area (Å²) in [5.41, 5.74) is -0.575. The third-order valence-corrected chi connectivity index (χ3v) is 3.54. The van der Waals surface area contributed by atoms with Crippen LogP contribution in [-0.4, -0.2) is 11.6 Å². The Morgan fingerprint density at radius 1 is 0.900 bits per heavy atom. The number of hydrogen-bond donors (Lipinski definition) is 0. The summed E-state index contributed by atoms with van der Waals surface area (Å²) in [6, 6.07) is 4.92. The van der Waals surface area contributed by atoms with Crippen molar-refractivity contribution in [3.63, 3.8) is 0 Å². The van der Waals surface area contributed by atoms with E-state index in [9.17, 15) is 14.2 Å². The second-order valence-corrected chi connectivity index (χ2v) is 7.61. The molecule has 0 aliphatic carbocycles. The first-order chi connectivity index (χ1) is 9.00. The van der Waals surface area contributed by atoms with Crippen molar-refractivity contribution in [1.82, 2.24) is 0 Å². The number of ketones is 2. The molecule has 108 valence electrons. The predicted molar refractivity (Wildman–Crippen MR) is 81.3 cm³/mol. The van der Waals surface area contributed by atoms with Crippen LogP contribution >= 0.6 is 8.46 Å². The molecule has 0 aliphatic rings. The highest BCUT2D eigenvalue weighted by atomic mass is 31.1. The Labute approximate surface area is 122 Å². The van der Waals surface area contributed by atoms with Crippen molar-refractivity contribution in [3.05, 3.63) is 29.3 Å². The molecule has 0 saturated carbocycles. The van der Waals surface area contributed by atoms with Gasteiger partial charge in [0.25, 0.3) is 0 Å². The number of carbonyl (C=O) groups is 2. The number of hydrogen-bond acceptors (Lipinski definition) is 3. The predicted octanol–water partition coefficient (Wildman–Crippen LogP) is 4.06. The largest absolute Gasteiger partial charge is 0.294 e. The zero-order valence-corrected chi connectivity index (χ0v) is 13.8. The Bertz CT molecular complexity index is 560. The van der Waals surface area contributed by atoms with E-state index >= 15 is 0 Å². The van der Waals surface area contributed by atoms with Crippen LogP contribution in [0, 0.1) is 10.8 Å². The Hall–Kier alpha value is -1.34. The van der Waals surface area contributed by atoms with Gasteiger partial charge >= 0.3 is 0 Å². The average Bonchev–Trinajstić information content (AvgIpc) is 2.33. The van der Waals surface area contributed by atoms with Crippen LogP contribution in [0.15, 0.2) is 18.2 Å². The molecule has 1 rings (SSSR count). The van der Waals surface area contributed by atoms with Crippen molar-refractivity contribution in [2.24, 2.45) is 10.8 Å². The lowest BCUT2D eigenvalue weighted by atomic mass is 9.79.